The zero-order chi connectivity index (χ0) is 13.7. The third kappa shape index (κ3) is 3.89. The molecule has 0 fully saturated rings. The highest BCUT2D eigenvalue weighted by atomic mass is 79.9. The molecule has 0 aromatic heterocycles. The van der Waals surface area contributed by atoms with Gasteiger partial charge in [-0.3, -0.25) is 15.5 Å². The van der Waals surface area contributed by atoms with Gasteiger partial charge >= 0.3 is 0 Å². The van der Waals surface area contributed by atoms with E-state index in [-0.39, 0.29) is 5.69 Å². The molecule has 0 aliphatic heterocycles. The number of rotatable bonds is 4. The minimum absolute atomic E-state index is 0.0578. The van der Waals surface area contributed by atoms with Gasteiger partial charge in [-0.2, -0.15) is 5.10 Å². The van der Waals surface area contributed by atoms with Crippen molar-refractivity contribution in [3.05, 3.63) is 68.7 Å². The number of nitrogens with one attached hydrogen (secondary N) is 1. The average molecular weight is 320 g/mol. The van der Waals surface area contributed by atoms with Crippen molar-refractivity contribution in [2.75, 3.05) is 5.43 Å². The van der Waals surface area contributed by atoms with Crippen LogP contribution in [0.25, 0.3) is 0 Å². The minimum atomic E-state index is -0.436. The molecule has 1 N–H and O–H groups in total. The standard InChI is InChI=1S/C13H10BrN3O2/c14-11-3-1-10(2-4-11)9-15-16-12-5-7-13(8-6-12)17(18)19/h1-9,16H/b15-9-. The number of nitrogens with zero attached hydrogens (tertiary/aromatic N) is 2. The fourth-order valence-corrected chi connectivity index (χ4v) is 1.65. The molecule has 0 heterocycles. The number of nitro groups is 1. The lowest BCUT2D eigenvalue weighted by Gasteiger charge is -1.99. The first kappa shape index (κ1) is 13.2. The number of hydrazone groups is 1. The van der Waals surface area contributed by atoms with Crippen LogP contribution in [-0.2, 0) is 0 Å². The first-order valence-corrected chi connectivity index (χ1v) is 6.23. The number of hydrogen-bond acceptors (Lipinski definition) is 4. The molecule has 2 rings (SSSR count). The van der Waals surface area contributed by atoms with E-state index in [2.05, 4.69) is 26.5 Å². The quantitative estimate of drug-likeness (QED) is 0.529. The summed E-state index contributed by atoms with van der Waals surface area (Å²) in [5, 5.41) is 14.5. The van der Waals surface area contributed by atoms with E-state index in [1.807, 2.05) is 24.3 Å². The van der Waals surface area contributed by atoms with Gasteiger partial charge in [0.25, 0.3) is 5.69 Å². The summed E-state index contributed by atoms with van der Waals surface area (Å²) in [6.45, 7) is 0. The average Bonchev–Trinajstić information content (AvgIpc) is 2.41. The van der Waals surface area contributed by atoms with Crippen LogP contribution in [0.5, 0.6) is 0 Å². The SMILES string of the molecule is O=[N+]([O-])c1ccc(N/N=C\c2ccc(Br)cc2)cc1. The third-order valence-electron chi connectivity index (χ3n) is 2.36. The zero-order valence-corrected chi connectivity index (χ0v) is 11.4. The largest absolute Gasteiger partial charge is 0.278 e. The van der Waals surface area contributed by atoms with E-state index in [4.69, 9.17) is 0 Å². The lowest BCUT2D eigenvalue weighted by molar-refractivity contribution is -0.384. The Morgan fingerprint density at radius 3 is 2.32 bits per heavy atom. The molecule has 0 saturated heterocycles. The third-order valence-corrected chi connectivity index (χ3v) is 2.88. The van der Waals surface area contributed by atoms with Crippen LogP contribution >= 0.6 is 15.9 Å². The van der Waals surface area contributed by atoms with Crippen LogP contribution < -0.4 is 5.43 Å². The molecule has 96 valence electrons. The highest BCUT2D eigenvalue weighted by molar-refractivity contribution is 9.10. The van der Waals surface area contributed by atoms with E-state index in [1.54, 1.807) is 18.3 Å². The molecule has 0 aliphatic carbocycles. The zero-order valence-electron chi connectivity index (χ0n) is 9.79. The lowest BCUT2D eigenvalue weighted by Crippen LogP contribution is -1.92. The fourth-order valence-electron chi connectivity index (χ4n) is 1.39. The number of anilines is 1. The number of non-ortho nitro benzene ring substituents is 1. The molecular weight excluding hydrogens is 310 g/mol. The molecule has 0 unspecified atom stereocenters. The van der Waals surface area contributed by atoms with Gasteiger partial charge in [0.15, 0.2) is 0 Å². The normalized spacial score (nSPS) is 10.6. The summed E-state index contributed by atoms with van der Waals surface area (Å²) in [6, 6.07) is 13.8. The lowest BCUT2D eigenvalue weighted by atomic mass is 10.2. The molecule has 0 bridgehead atoms. The molecule has 0 aliphatic rings. The number of nitro benzene ring substituents is 1. The monoisotopic (exact) mass is 319 g/mol. The maximum Gasteiger partial charge on any atom is 0.269 e. The van der Waals surface area contributed by atoms with E-state index in [0.29, 0.717) is 5.69 Å². The highest BCUT2D eigenvalue weighted by Gasteiger charge is 2.02. The van der Waals surface area contributed by atoms with Gasteiger partial charge < -0.3 is 0 Å². The molecule has 6 heteroatoms. The van der Waals surface area contributed by atoms with Crippen molar-refractivity contribution in [3.8, 4) is 0 Å². The molecular formula is C13H10BrN3O2. The molecule has 0 amide bonds. The highest BCUT2D eigenvalue weighted by Crippen LogP contribution is 2.15. The molecule has 5 nitrogen and oxygen atoms in total. The Morgan fingerprint density at radius 1 is 1.11 bits per heavy atom. The molecule has 0 spiro atoms. The van der Waals surface area contributed by atoms with E-state index >= 15 is 0 Å². The Balaban J connectivity index is 1.98. The fraction of sp³-hybridized carbons (Fsp3) is 0. The Bertz CT molecular complexity index is 594. The second-order valence-corrected chi connectivity index (χ2v) is 4.64. The minimum Gasteiger partial charge on any atom is -0.278 e. The van der Waals surface area contributed by atoms with Crippen LogP contribution in [0.1, 0.15) is 5.56 Å². The number of hydrogen-bond donors (Lipinski definition) is 1. The number of halogens is 1. The van der Waals surface area contributed by atoms with Crippen molar-refractivity contribution >= 4 is 33.5 Å². The Morgan fingerprint density at radius 2 is 1.74 bits per heavy atom. The summed E-state index contributed by atoms with van der Waals surface area (Å²) in [5.41, 5.74) is 4.52. The molecule has 0 radical (unpaired) electrons. The molecule has 2 aromatic rings. The second-order valence-electron chi connectivity index (χ2n) is 3.73. The predicted molar refractivity (Wildman–Crippen MR) is 78.5 cm³/mol. The summed E-state index contributed by atoms with van der Waals surface area (Å²) in [5.74, 6) is 0. The van der Waals surface area contributed by atoms with Crippen molar-refractivity contribution in [1.29, 1.82) is 0 Å². The summed E-state index contributed by atoms with van der Waals surface area (Å²) in [6.07, 6.45) is 1.67. The summed E-state index contributed by atoms with van der Waals surface area (Å²) in [7, 11) is 0. The van der Waals surface area contributed by atoms with Crippen LogP contribution in [0.3, 0.4) is 0 Å². The van der Waals surface area contributed by atoms with Gasteiger partial charge in [-0.05, 0) is 29.8 Å². The Labute approximate surface area is 118 Å². The van der Waals surface area contributed by atoms with Gasteiger partial charge in [0, 0.05) is 16.6 Å². The first-order chi connectivity index (χ1) is 9.15. The molecule has 2 aromatic carbocycles. The van der Waals surface area contributed by atoms with Crippen LogP contribution in [0.4, 0.5) is 11.4 Å². The maximum atomic E-state index is 10.5. The van der Waals surface area contributed by atoms with Crippen molar-refractivity contribution in [3.63, 3.8) is 0 Å². The maximum absolute atomic E-state index is 10.5. The smallest absolute Gasteiger partial charge is 0.269 e. The summed E-state index contributed by atoms with van der Waals surface area (Å²) in [4.78, 5) is 10.1. The van der Waals surface area contributed by atoms with Crippen molar-refractivity contribution in [2.24, 2.45) is 5.10 Å². The van der Waals surface area contributed by atoms with Gasteiger partial charge in [0.2, 0.25) is 0 Å². The van der Waals surface area contributed by atoms with Crippen LogP contribution in [0, 0.1) is 10.1 Å². The van der Waals surface area contributed by atoms with Crippen LogP contribution in [0.2, 0.25) is 0 Å². The Kier molecular flexibility index (Phi) is 4.25. The summed E-state index contributed by atoms with van der Waals surface area (Å²) < 4.78 is 1.01. The van der Waals surface area contributed by atoms with Crippen molar-refractivity contribution in [2.45, 2.75) is 0 Å². The van der Waals surface area contributed by atoms with E-state index in [0.717, 1.165) is 10.0 Å². The predicted octanol–water partition coefficient (Wildman–Crippen LogP) is 3.80. The summed E-state index contributed by atoms with van der Waals surface area (Å²) >= 11 is 3.35. The second kappa shape index (κ2) is 6.10. The van der Waals surface area contributed by atoms with Gasteiger partial charge in [-0.15, -0.1) is 0 Å². The first-order valence-electron chi connectivity index (χ1n) is 5.44. The van der Waals surface area contributed by atoms with Gasteiger partial charge in [0.1, 0.15) is 0 Å². The van der Waals surface area contributed by atoms with E-state index in [9.17, 15) is 10.1 Å². The van der Waals surface area contributed by atoms with Crippen molar-refractivity contribution in [1.82, 2.24) is 0 Å². The molecule has 0 atom stereocenters. The van der Waals surface area contributed by atoms with Gasteiger partial charge in [-0.1, -0.05) is 28.1 Å². The van der Waals surface area contributed by atoms with Gasteiger partial charge in [-0.25, -0.2) is 0 Å². The van der Waals surface area contributed by atoms with Crippen LogP contribution in [0.15, 0.2) is 58.1 Å². The molecule has 0 saturated carbocycles. The van der Waals surface area contributed by atoms with Crippen molar-refractivity contribution < 1.29 is 4.92 Å². The molecule has 19 heavy (non-hydrogen) atoms. The Hall–Kier alpha value is -2.21. The van der Waals surface area contributed by atoms with Crippen LogP contribution in [-0.4, -0.2) is 11.1 Å². The van der Waals surface area contributed by atoms with Gasteiger partial charge in [0.05, 0.1) is 16.8 Å². The van der Waals surface area contributed by atoms with E-state index < -0.39 is 4.92 Å². The van der Waals surface area contributed by atoms with E-state index in [1.165, 1.54) is 12.1 Å². The topological polar surface area (TPSA) is 67.5 Å². The number of benzene rings is 2.